The zero-order valence-corrected chi connectivity index (χ0v) is 18.2. The lowest BCUT2D eigenvalue weighted by Gasteiger charge is -2.33. The van der Waals surface area contributed by atoms with Gasteiger partial charge < -0.3 is 15.0 Å². The highest BCUT2D eigenvalue weighted by Crippen LogP contribution is 2.18. The van der Waals surface area contributed by atoms with E-state index < -0.39 is 0 Å². The molecule has 1 aromatic rings. The van der Waals surface area contributed by atoms with Gasteiger partial charge in [0.05, 0.1) is 18.7 Å². The lowest BCUT2D eigenvalue weighted by atomic mass is 9.97. The molecule has 0 saturated carbocycles. The Labute approximate surface area is 167 Å². The van der Waals surface area contributed by atoms with Crippen molar-refractivity contribution in [2.75, 3.05) is 33.8 Å². The molecule has 1 aliphatic heterocycles. The molecule has 25 heavy (non-hydrogen) atoms. The van der Waals surface area contributed by atoms with Crippen LogP contribution >= 0.6 is 24.0 Å². The Morgan fingerprint density at radius 2 is 2.00 bits per heavy atom. The molecule has 1 N–H and O–H groups in total. The fourth-order valence-electron chi connectivity index (χ4n) is 3.30. The second kappa shape index (κ2) is 9.98. The van der Waals surface area contributed by atoms with E-state index >= 15 is 0 Å². The Morgan fingerprint density at radius 3 is 2.48 bits per heavy atom. The minimum Gasteiger partial charge on any atom is -0.469 e. The number of esters is 1. The Hall–Kier alpha value is -1.32. The number of halogens is 1. The van der Waals surface area contributed by atoms with Crippen LogP contribution in [0.25, 0.3) is 0 Å². The van der Waals surface area contributed by atoms with Gasteiger partial charge in [-0.2, -0.15) is 5.10 Å². The van der Waals surface area contributed by atoms with Gasteiger partial charge in [0.2, 0.25) is 0 Å². The summed E-state index contributed by atoms with van der Waals surface area (Å²) in [4.78, 5) is 18.2. The van der Waals surface area contributed by atoms with E-state index in [-0.39, 0.29) is 35.9 Å². The summed E-state index contributed by atoms with van der Waals surface area (Å²) < 4.78 is 6.77. The fourth-order valence-corrected chi connectivity index (χ4v) is 3.30. The van der Waals surface area contributed by atoms with E-state index in [0.29, 0.717) is 0 Å². The highest BCUT2D eigenvalue weighted by atomic mass is 127. The molecule has 0 radical (unpaired) electrons. The Bertz CT molecular complexity index is 606. The van der Waals surface area contributed by atoms with E-state index in [4.69, 9.17) is 4.74 Å². The van der Waals surface area contributed by atoms with Crippen LogP contribution in [-0.4, -0.2) is 60.4 Å². The topological polar surface area (TPSA) is 71.8 Å². The van der Waals surface area contributed by atoms with Crippen LogP contribution in [0.1, 0.15) is 29.8 Å². The Kier molecular flexibility index (Phi) is 8.67. The molecular weight excluding hydrogens is 433 g/mol. The molecule has 0 spiro atoms. The fraction of sp³-hybridized carbons (Fsp3) is 0.706. The molecule has 142 valence electrons. The number of nitrogens with one attached hydrogen (secondary N) is 1. The SMILES string of the molecule is CN=C(NCCc1c(C)nn(C)c1C)N1CCC(C(=O)OC)CC1.I. The van der Waals surface area contributed by atoms with Crippen molar-refractivity contribution < 1.29 is 9.53 Å². The van der Waals surface area contributed by atoms with Gasteiger partial charge in [0, 0.05) is 39.4 Å². The molecule has 8 heteroatoms. The quantitative estimate of drug-likeness (QED) is 0.318. The van der Waals surface area contributed by atoms with Crippen LogP contribution < -0.4 is 5.32 Å². The first-order chi connectivity index (χ1) is 11.5. The molecule has 1 aliphatic rings. The molecule has 0 aliphatic carbocycles. The summed E-state index contributed by atoms with van der Waals surface area (Å²) in [5.41, 5.74) is 3.60. The number of hydrogen-bond acceptors (Lipinski definition) is 4. The molecule has 0 bridgehead atoms. The van der Waals surface area contributed by atoms with Crippen molar-refractivity contribution in [1.29, 1.82) is 0 Å². The maximum absolute atomic E-state index is 11.6. The van der Waals surface area contributed by atoms with E-state index in [9.17, 15) is 4.79 Å². The number of methoxy groups -OCH3 is 1. The number of piperidine rings is 1. The molecule has 0 atom stereocenters. The minimum absolute atomic E-state index is 0. The molecule has 7 nitrogen and oxygen atoms in total. The van der Waals surface area contributed by atoms with Crippen molar-refractivity contribution in [2.24, 2.45) is 18.0 Å². The predicted molar refractivity (Wildman–Crippen MR) is 109 cm³/mol. The number of carbonyl (C=O) groups excluding carboxylic acids is 1. The van der Waals surface area contributed by atoms with Crippen LogP contribution in [-0.2, 0) is 23.0 Å². The number of ether oxygens (including phenoxy) is 1. The van der Waals surface area contributed by atoms with Gasteiger partial charge in [-0.3, -0.25) is 14.5 Å². The van der Waals surface area contributed by atoms with Crippen molar-refractivity contribution in [1.82, 2.24) is 20.0 Å². The smallest absolute Gasteiger partial charge is 0.308 e. The average Bonchev–Trinajstić information content (AvgIpc) is 2.84. The van der Waals surface area contributed by atoms with Gasteiger partial charge in [0.15, 0.2) is 5.96 Å². The van der Waals surface area contributed by atoms with Crippen LogP contribution in [0.2, 0.25) is 0 Å². The number of aliphatic imine (C=N–C) groups is 1. The summed E-state index contributed by atoms with van der Waals surface area (Å²) in [6.45, 7) is 6.61. The summed E-state index contributed by atoms with van der Waals surface area (Å²) in [5.74, 6) is 0.822. The lowest BCUT2D eigenvalue weighted by Crippen LogP contribution is -2.47. The number of rotatable bonds is 4. The molecular formula is C17H30IN5O2. The maximum atomic E-state index is 11.6. The highest BCUT2D eigenvalue weighted by Gasteiger charge is 2.26. The third kappa shape index (κ3) is 5.32. The van der Waals surface area contributed by atoms with Gasteiger partial charge in [0.1, 0.15) is 0 Å². The first-order valence-electron chi connectivity index (χ1n) is 8.50. The third-order valence-corrected chi connectivity index (χ3v) is 4.86. The number of aryl methyl sites for hydroxylation is 2. The zero-order chi connectivity index (χ0) is 17.7. The zero-order valence-electron chi connectivity index (χ0n) is 15.8. The normalized spacial score (nSPS) is 15.7. The highest BCUT2D eigenvalue weighted by molar-refractivity contribution is 14.0. The summed E-state index contributed by atoms with van der Waals surface area (Å²) in [6.07, 6.45) is 2.55. The van der Waals surface area contributed by atoms with Gasteiger partial charge in [-0.1, -0.05) is 0 Å². The van der Waals surface area contributed by atoms with Crippen LogP contribution in [0.5, 0.6) is 0 Å². The molecule has 2 rings (SSSR count). The largest absolute Gasteiger partial charge is 0.469 e. The molecule has 0 amide bonds. The maximum Gasteiger partial charge on any atom is 0.308 e. The van der Waals surface area contributed by atoms with E-state index in [1.165, 1.54) is 18.4 Å². The number of likely N-dealkylation sites (tertiary alicyclic amines) is 1. The Morgan fingerprint density at radius 1 is 1.36 bits per heavy atom. The number of aromatic nitrogens is 2. The van der Waals surface area contributed by atoms with Crippen molar-refractivity contribution in [3.63, 3.8) is 0 Å². The monoisotopic (exact) mass is 463 g/mol. The number of hydrogen-bond donors (Lipinski definition) is 1. The van der Waals surface area contributed by atoms with Gasteiger partial charge >= 0.3 is 5.97 Å². The first-order valence-corrected chi connectivity index (χ1v) is 8.50. The van der Waals surface area contributed by atoms with Crippen LogP contribution in [0.15, 0.2) is 4.99 Å². The number of carbonyl (C=O) groups is 1. The van der Waals surface area contributed by atoms with Gasteiger partial charge in [-0.05, 0) is 38.7 Å². The number of nitrogens with zero attached hydrogens (tertiary/aromatic N) is 4. The van der Waals surface area contributed by atoms with Crippen molar-refractivity contribution >= 4 is 35.9 Å². The van der Waals surface area contributed by atoms with E-state index in [0.717, 1.165) is 50.6 Å². The summed E-state index contributed by atoms with van der Waals surface area (Å²) in [5, 5.41) is 7.89. The molecule has 1 saturated heterocycles. The third-order valence-electron chi connectivity index (χ3n) is 4.86. The predicted octanol–water partition coefficient (Wildman–Crippen LogP) is 1.66. The summed E-state index contributed by atoms with van der Waals surface area (Å²) >= 11 is 0. The minimum atomic E-state index is -0.0971. The molecule has 2 heterocycles. The van der Waals surface area contributed by atoms with E-state index in [1.54, 1.807) is 7.05 Å². The molecule has 1 fully saturated rings. The molecule has 0 unspecified atom stereocenters. The van der Waals surface area contributed by atoms with Crippen molar-refractivity contribution in [3.8, 4) is 0 Å². The molecule has 0 aromatic carbocycles. The lowest BCUT2D eigenvalue weighted by molar-refractivity contribution is -0.146. The molecule has 1 aromatic heterocycles. The second-order valence-electron chi connectivity index (χ2n) is 6.28. The van der Waals surface area contributed by atoms with Crippen LogP contribution in [0.4, 0.5) is 0 Å². The van der Waals surface area contributed by atoms with Crippen LogP contribution in [0, 0.1) is 19.8 Å². The van der Waals surface area contributed by atoms with E-state index in [2.05, 4.69) is 34.2 Å². The van der Waals surface area contributed by atoms with E-state index in [1.807, 2.05) is 11.7 Å². The van der Waals surface area contributed by atoms with Gasteiger partial charge in [0.25, 0.3) is 0 Å². The van der Waals surface area contributed by atoms with Gasteiger partial charge in [-0.15, -0.1) is 24.0 Å². The summed E-state index contributed by atoms with van der Waals surface area (Å²) in [6, 6.07) is 0. The van der Waals surface area contributed by atoms with Crippen molar-refractivity contribution in [3.05, 3.63) is 17.0 Å². The second-order valence-corrected chi connectivity index (χ2v) is 6.28. The number of guanidine groups is 1. The van der Waals surface area contributed by atoms with Gasteiger partial charge in [-0.25, -0.2) is 0 Å². The standard InChI is InChI=1S/C17H29N5O2.HI/c1-12-15(13(2)21(4)20-12)6-9-19-17(18-3)22-10-7-14(8-11-22)16(23)24-5;/h14H,6-11H2,1-5H3,(H,18,19);1H. The summed E-state index contributed by atoms with van der Waals surface area (Å²) in [7, 11) is 5.23. The average molecular weight is 463 g/mol. The Balaban J connectivity index is 0.00000312. The van der Waals surface area contributed by atoms with Crippen molar-refractivity contribution in [2.45, 2.75) is 33.1 Å². The first kappa shape index (κ1) is 21.7. The van der Waals surface area contributed by atoms with Crippen LogP contribution in [0.3, 0.4) is 0 Å².